The number of alkyl halides is 3. The summed E-state index contributed by atoms with van der Waals surface area (Å²) in [5, 5.41) is 14.5. The first kappa shape index (κ1) is 26.8. The number of halogens is 5. The van der Waals surface area contributed by atoms with Gasteiger partial charge in [-0.25, -0.2) is 22.4 Å². The van der Waals surface area contributed by atoms with Crippen molar-refractivity contribution in [2.24, 2.45) is 11.3 Å². The first-order valence-electron chi connectivity index (χ1n) is 12.1. The standard InChI is InChI=1S/C25H31ClF4N2O4/c1-22(2,3)36-21(35)31-17-8-13(11-25(17,29)30)20(34)32-19(15-9-14(33)10-16(26)18(15)27)23-4-6-24(28,12-23)7-5-23/h9-10,13,17,19,33H,4-8,11-12H2,1-3H3,(H,31,35)(H,32,34)/t13-,17-,19+,23?,24?/m0/s1. The predicted molar refractivity (Wildman–Crippen MR) is 124 cm³/mol. The smallest absolute Gasteiger partial charge is 0.408 e. The van der Waals surface area contributed by atoms with Gasteiger partial charge >= 0.3 is 6.09 Å². The minimum atomic E-state index is -3.37. The number of amides is 2. The zero-order valence-electron chi connectivity index (χ0n) is 20.4. The number of carbonyl (C=O) groups excluding carboxylic acids is 2. The zero-order valence-corrected chi connectivity index (χ0v) is 21.2. The summed E-state index contributed by atoms with van der Waals surface area (Å²) in [5.41, 5.74) is -3.25. The van der Waals surface area contributed by atoms with Crippen LogP contribution in [0.1, 0.15) is 77.3 Å². The first-order chi connectivity index (χ1) is 16.5. The van der Waals surface area contributed by atoms with Gasteiger partial charge in [0.25, 0.3) is 5.92 Å². The fourth-order valence-electron chi connectivity index (χ4n) is 6.02. The third kappa shape index (κ3) is 5.24. The van der Waals surface area contributed by atoms with E-state index in [2.05, 4.69) is 10.6 Å². The van der Waals surface area contributed by atoms with Crippen molar-refractivity contribution in [1.29, 1.82) is 0 Å². The normalized spacial score (nSPS) is 31.8. The Hall–Kier alpha value is -2.23. The Kier molecular flexibility index (Phi) is 6.67. The van der Waals surface area contributed by atoms with Gasteiger partial charge in [0.1, 0.15) is 22.8 Å². The highest BCUT2D eigenvalue weighted by Crippen LogP contribution is 2.63. The number of ether oxygens (including phenoxy) is 1. The number of rotatable bonds is 5. The Bertz CT molecular complexity index is 1050. The molecule has 11 heteroatoms. The summed E-state index contributed by atoms with van der Waals surface area (Å²) in [5.74, 6) is -6.51. The maximum Gasteiger partial charge on any atom is 0.408 e. The van der Waals surface area contributed by atoms with Crippen LogP contribution in [0, 0.1) is 17.2 Å². The lowest BCUT2D eigenvalue weighted by atomic mass is 9.74. The number of hydrogen-bond donors (Lipinski definition) is 3. The molecule has 0 saturated heterocycles. The highest BCUT2D eigenvalue weighted by molar-refractivity contribution is 6.31. The van der Waals surface area contributed by atoms with Gasteiger partial charge in [0.05, 0.1) is 17.1 Å². The van der Waals surface area contributed by atoms with E-state index in [9.17, 15) is 23.5 Å². The van der Waals surface area contributed by atoms with Crippen molar-refractivity contribution in [3.05, 3.63) is 28.5 Å². The molecule has 0 heterocycles. The number of phenolic OH excluding ortho intramolecular Hbond substituents is 1. The molecule has 1 aromatic carbocycles. The molecule has 4 rings (SSSR count). The number of hydrogen-bond acceptors (Lipinski definition) is 4. The van der Waals surface area contributed by atoms with Gasteiger partial charge in [-0.05, 0) is 70.8 Å². The maximum absolute atomic E-state index is 15.1. The van der Waals surface area contributed by atoms with Gasteiger partial charge in [0, 0.05) is 24.0 Å². The minimum Gasteiger partial charge on any atom is -0.508 e. The average Bonchev–Trinajstić information content (AvgIpc) is 3.36. The van der Waals surface area contributed by atoms with Crippen LogP contribution in [0.3, 0.4) is 0 Å². The molecule has 3 aliphatic rings. The monoisotopic (exact) mass is 534 g/mol. The van der Waals surface area contributed by atoms with E-state index in [4.69, 9.17) is 16.3 Å². The average molecular weight is 535 g/mol. The van der Waals surface area contributed by atoms with Crippen LogP contribution >= 0.6 is 11.6 Å². The van der Waals surface area contributed by atoms with Crippen molar-refractivity contribution in [2.45, 2.75) is 95.0 Å². The number of aromatic hydroxyl groups is 1. The number of benzene rings is 1. The third-order valence-electron chi connectivity index (χ3n) is 7.67. The van der Waals surface area contributed by atoms with Gasteiger partial charge in [0.15, 0.2) is 0 Å². The number of alkyl carbamates (subject to hydrolysis) is 1. The molecule has 200 valence electrons. The summed E-state index contributed by atoms with van der Waals surface area (Å²) >= 11 is 5.94. The molecule has 3 fully saturated rings. The summed E-state index contributed by atoms with van der Waals surface area (Å²) in [6.45, 7) is 4.79. The minimum absolute atomic E-state index is 0.0846. The van der Waals surface area contributed by atoms with Gasteiger partial charge in [0.2, 0.25) is 5.91 Å². The van der Waals surface area contributed by atoms with Crippen molar-refractivity contribution in [2.75, 3.05) is 0 Å². The molecule has 1 aromatic rings. The topological polar surface area (TPSA) is 87.7 Å². The van der Waals surface area contributed by atoms with Crippen molar-refractivity contribution in [3.8, 4) is 5.75 Å². The van der Waals surface area contributed by atoms with E-state index >= 15 is 8.78 Å². The molecule has 0 radical (unpaired) electrons. The molecule has 36 heavy (non-hydrogen) atoms. The van der Waals surface area contributed by atoms with Gasteiger partial charge in [-0.1, -0.05) is 11.6 Å². The van der Waals surface area contributed by atoms with Gasteiger partial charge < -0.3 is 20.5 Å². The molecule has 0 spiro atoms. The largest absolute Gasteiger partial charge is 0.508 e. The number of nitrogens with one attached hydrogen (secondary N) is 2. The van der Waals surface area contributed by atoms with E-state index in [0.29, 0.717) is 12.8 Å². The lowest BCUT2D eigenvalue weighted by molar-refractivity contribution is -0.127. The summed E-state index contributed by atoms with van der Waals surface area (Å²) in [6, 6.07) is -0.540. The number of phenols is 1. The van der Waals surface area contributed by atoms with Crippen LogP contribution in [0.15, 0.2) is 12.1 Å². The molecule has 6 nitrogen and oxygen atoms in total. The molecule has 3 N–H and O–H groups in total. The lowest BCUT2D eigenvalue weighted by Gasteiger charge is -2.37. The molecular formula is C25H31ClF4N2O4. The summed E-state index contributed by atoms with van der Waals surface area (Å²) in [4.78, 5) is 25.3. The first-order valence-corrected chi connectivity index (χ1v) is 12.4. The quantitative estimate of drug-likeness (QED) is 0.407. The van der Waals surface area contributed by atoms with Crippen LogP contribution in [0.25, 0.3) is 0 Å². The van der Waals surface area contributed by atoms with Gasteiger partial charge in [-0.3, -0.25) is 4.79 Å². The fraction of sp³-hybridized carbons (Fsp3) is 0.680. The second-order valence-electron chi connectivity index (χ2n) is 11.6. The van der Waals surface area contributed by atoms with Crippen molar-refractivity contribution in [1.82, 2.24) is 10.6 Å². The molecule has 0 unspecified atom stereocenters. The van der Waals surface area contributed by atoms with E-state index in [1.807, 2.05) is 0 Å². The third-order valence-corrected chi connectivity index (χ3v) is 7.95. The molecule has 0 aromatic heterocycles. The molecule has 3 aliphatic carbocycles. The summed E-state index contributed by atoms with van der Waals surface area (Å²) in [7, 11) is 0. The van der Waals surface area contributed by atoms with Gasteiger partial charge in [-0.15, -0.1) is 0 Å². The number of fused-ring (bicyclic) bond motifs is 2. The summed E-state index contributed by atoms with van der Waals surface area (Å²) in [6.07, 6.45) is -0.883. The van der Waals surface area contributed by atoms with Crippen molar-refractivity contribution < 1.29 is 37.0 Å². The molecular weight excluding hydrogens is 504 g/mol. The molecule has 0 aliphatic heterocycles. The molecule has 3 atom stereocenters. The van der Waals surface area contributed by atoms with Crippen LogP contribution in [0.2, 0.25) is 5.02 Å². The van der Waals surface area contributed by atoms with Crippen LogP contribution in [-0.4, -0.2) is 40.3 Å². The predicted octanol–water partition coefficient (Wildman–Crippen LogP) is 5.95. The molecule has 2 bridgehead atoms. The van der Waals surface area contributed by atoms with E-state index in [1.165, 1.54) is 0 Å². The van der Waals surface area contributed by atoms with E-state index in [1.54, 1.807) is 20.8 Å². The molecule has 2 amide bonds. The Morgan fingerprint density at radius 3 is 2.36 bits per heavy atom. The second-order valence-corrected chi connectivity index (χ2v) is 12.0. The van der Waals surface area contributed by atoms with Crippen molar-refractivity contribution >= 4 is 23.6 Å². The zero-order chi connectivity index (χ0) is 26.7. The second kappa shape index (κ2) is 8.96. The maximum atomic E-state index is 15.1. The van der Waals surface area contributed by atoms with Crippen LogP contribution in [0.5, 0.6) is 5.75 Å². The van der Waals surface area contributed by atoms with Crippen molar-refractivity contribution in [3.63, 3.8) is 0 Å². The van der Waals surface area contributed by atoms with E-state index < -0.39 is 64.8 Å². The van der Waals surface area contributed by atoms with Gasteiger partial charge in [-0.2, -0.15) is 0 Å². The Balaban J connectivity index is 1.57. The van der Waals surface area contributed by atoms with Crippen LogP contribution in [0.4, 0.5) is 22.4 Å². The van der Waals surface area contributed by atoms with E-state index in [0.717, 1.165) is 12.1 Å². The Labute approximate surface area is 212 Å². The summed E-state index contributed by atoms with van der Waals surface area (Å²) < 4.78 is 64.7. The Morgan fingerprint density at radius 1 is 1.17 bits per heavy atom. The SMILES string of the molecule is CC(C)(C)OC(=O)N[C@H]1C[C@H](C(=O)N[C@H](c2cc(O)cc(Cl)c2F)C23CCC(F)(CC2)C3)CC1(F)F. The lowest BCUT2D eigenvalue weighted by Crippen LogP contribution is -2.45. The van der Waals surface area contributed by atoms with Crippen LogP contribution in [-0.2, 0) is 9.53 Å². The highest BCUT2D eigenvalue weighted by Gasteiger charge is 2.60. The Morgan fingerprint density at radius 2 is 1.81 bits per heavy atom. The molecule has 3 saturated carbocycles. The fourth-order valence-corrected chi connectivity index (χ4v) is 6.24. The van der Waals surface area contributed by atoms with E-state index in [-0.39, 0.29) is 42.0 Å². The number of carbonyl (C=O) groups is 2. The highest BCUT2D eigenvalue weighted by atomic mass is 35.5. The van der Waals surface area contributed by atoms with Crippen LogP contribution < -0.4 is 10.6 Å².